The zero-order valence-electron chi connectivity index (χ0n) is 14.3. The van der Waals surface area contributed by atoms with Gasteiger partial charge in [-0.1, -0.05) is 23.7 Å². The third kappa shape index (κ3) is 5.82. The molecule has 0 fully saturated rings. The molecular weight excluding hydrogens is 358 g/mol. The van der Waals surface area contributed by atoms with Crippen LogP contribution in [-0.4, -0.2) is 26.2 Å². The van der Waals surface area contributed by atoms with Crippen molar-refractivity contribution in [3.8, 4) is 5.75 Å². The number of esters is 2. The molecule has 1 N–H and O–H groups in total. The summed E-state index contributed by atoms with van der Waals surface area (Å²) in [5.74, 6) is -0.693. The molecule has 0 aliphatic rings. The molecule has 7 heteroatoms. The van der Waals surface area contributed by atoms with E-state index in [9.17, 15) is 9.59 Å². The van der Waals surface area contributed by atoms with E-state index in [1.807, 2.05) is 12.1 Å². The summed E-state index contributed by atoms with van der Waals surface area (Å²) < 4.78 is 14.9. The SMILES string of the molecule is COC(=O)/C=C(/Nc1ccc(OCc2ccc(Cl)cc2)cc1)C(=O)OC. The molecule has 0 aliphatic heterocycles. The predicted molar refractivity (Wildman–Crippen MR) is 98.0 cm³/mol. The molecule has 0 bridgehead atoms. The first-order valence-corrected chi connectivity index (χ1v) is 8.02. The fourth-order valence-corrected chi connectivity index (χ4v) is 2.10. The number of ether oxygens (including phenoxy) is 3. The normalized spacial score (nSPS) is 10.8. The molecule has 136 valence electrons. The third-order valence-electron chi connectivity index (χ3n) is 3.32. The van der Waals surface area contributed by atoms with Crippen molar-refractivity contribution < 1.29 is 23.8 Å². The van der Waals surface area contributed by atoms with Gasteiger partial charge in [0.25, 0.3) is 0 Å². The summed E-state index contributed by atoms with van der Waals surface area (Å²) in [5, 5.41) is 3.49. The smallest absolute Gasteiger partial charge is 0.354 e. The minimum Gasteiger partial charge on any atom is -0.489 e. The van der Waals surface area contributed by atoms with E-state index in [-0.39, 0.29) is 5.70 Å². The number of anilines is 1. The van der Waals surface area contributed by atoms with E-state index in [0.717, 1.165) is 11.6 Å². The second-order valence-corrected chi connectivity index (χ2v) is 5.57. The van der Waals surface area contributed by atoms with Crippen LogP contribution >= 0.6 is 11.6 Å². The molecule has 2 rings (SSSR count). The van der Waals surface area contributed by atoms with Crippen LogP contribution in [0.5, 0.6) is 5.75 Å². The van der Waals surface area contributed by atoms with Gasteiger partial charge >= 0.3 is 11.9 Å². The Kier molecular flexibility index (Phi) is 7.05. The molecule has 26 heavy (non-hydrogen) atoms. The van der Waals surface area contributed by atoms with Gasteiger partial charge < -0.3 is 19.5 Å². The number of halogens is 1. The van der Waals surface area contributed by atoms with E-state index in [1.54, 1.807) is 36.4 Å². The molecule has 0 saturated carbocycles. The summed E-state index contributed by atoms with van der Waals surface area (Å²) in [6.45, 7) is 0.402. The molecule has 2 aromatic carbocycles. The number of rotatable bonds is 7. The van der Waals surface area contributed by atoms with Crippen LogP contribution in [0.25, 0.3) is 0 Å². The maximum Gasteiger partial charge on any atom is 0.354 e. The largest absolute Gasteiger partial charge is 0.489 e. The number of hydrogen-bond acceptors (Lipinski definition) is 6. The second kappa shape index (κ2) is 9.48. The molecule has 0 saturated heterocycles. The fourth-order valence-electron chi connectivity index (χ4n) is 1.97. The summed E-state index contributed by atoms with van der Waals surface area (Å²) in [6, 6.07) is 14.3. The zero-order chi connectivity index (χ0) is 18.9. The highest BCUT2D eigenvalue weighted by Crippen LogP contribution is 2.19. The van der Waals surface area contributed by atoms with E-state index < -0.39 is 11.9 Å². The van der Waals surface area contributed by atoms with Gasteiger partial charge in [0.2, 0.25) is 0 Å². The number of benzene rings is 2. The minimum absolute atomic E-state index is 0.0332. The van der Waals surface area contributed by atoms with Gasteiger partial charge in [-0.3, -0.25) is 0 Å². The highest BCUT2D eigenvalue weighted by atomic mass is 35.5. The van der Waals surface area contributed by atoms with Gasteiger partial charge in [-0.25, -0.2) is 9.59 Å². The van der Waals surface area contributed by atoms with Gasteiger partial charge in [-0.15, -0.1) is 0 Å². The Hall–Kier alpha value is -2.99. The van der Waals surface area contributed by atoms with E-state index in [2.05, 4.69) is 14.8 Å². The van der Waals surface area contributed by atoms with Gasteiger partial charge in [-0.05, 0) is 42.0 Å². The monoisotopic (exact) mass is 375 g/mol. The molecule has 6 nitrogen and oxygen atoms in total. The van der Waals surface area contributed by atoms with E-state index >= 15 is 0 Å². The highest BCUT2D eigenvalue weighted by molar-refractivity contribution is 6.30. The molecule has 0 aliphatic carbocycles. The van der Waals surface area contributed by atoms with Gasteiger partial charge in [0.05, 0.1) is 20.3 Å². The number of methoxy groups -OCH3 is 2. The number of carbonyl (C=O) groups excluding carboxylic acids is 2. The third-order valence-corrected chi connectivity index (χ3v) is 3.57. The molecular formula is C19H18ClNO5. The van der Waals surface area contributed by atoms with Crippen LogP contribution in [0.2, 0.25) is 5.02 Å². The lowest BCUT2D eigenvalue weighted by atomic mass is 10.2. The minimum atomic E-state index is -0.682. The molecule has 0 heterocycles. The first kappa shape index (κ1) is 19.3. The van der Waals surface area contributed by atoms with E-state index in [1.165, 1.54) is 14.2 Å². The Morgan fingerprint density at radius 3 is 2.23 bits per heavy atom. The molecule has 0 spiro atoms. The Morgan fingerprint density at radius 2 is 1.65 bits per heavy atom. The maximum absolute atomic E-state index is 11.7. The predicted octanol–water partition coefficient (Wildman–Crippen LogP) is 3.56. The molecule has 0 unspecified atom stereocenters. The maximum atomic E-state index is 11.7. The molecule has 0 amide bonds. The first-order chi connectivity index (χ1) is 12.5. The van der Waals surface area contributed by atoms with Crippen LogP contribution in [0.4, 0.5) is 5.69 Å². The molecule has 0 radical (unpaired) electrons. The van der Waals surface area contributed by atoms with Crippen LogP contribution < -0.4 is 10.1 Å². The lowest BCUT2D eigenvalue weighted by molar-refractivity contribution is -0.138. The van der Waals surface area contributed by atoms with E-state index in [4.69, 9.17) is 16.3 Å². The topological polar surface area (TPSA) is 73.9 Å². The average Bonchev–Trinajstić information content (AvgIpc) is 2.67. The molecule has 0 aromatic heterocycles. The molecule has 0 atom stereocenters. The van der Waals surface area contributed by atoms with Crippen molar-refractivity contribution in [1.29, 1.82) is 0 Å². The van der Waals surface area contributed by atoms with Crippen LogP contribution in [0.3, 0.4) is 0 Å². The van der Waals surface area contributed by atoms with Crippen LogP contribution in [0.1, 0.15) is 5.56 Å². The van der Waals surface area contributed by atoms with Gasteiger partial charge in [0, 0.05) is 10.7 Å². The number of hydrogen-bond donors (Lipinski definition) is 1. The van der Waals surface area contributed by atoms with Gasteiger partial charge in [-0.2, -0.15) is 0 Å². The Bertz CT molecular complexity index is 785. The van der Waals surface area contributed by atoms with Crippen LogP contribution in [0, 0.1) is 0 Å². The summed E-state index contributed by atoms with van der Waals surface area (Å²) >= 11 is 5.85. The summed E-state index contributed by atoms with van der Waals surface area (Å²) in [7, 11) is 2.45. The van der Waals surface area contributed by atoms with Gasteiger partial charge in [0.15, 0.2) is 0 Å². The lowest BCUT2D eigenvalue weighted by Gasteiger charge is -2.10. The van der Waals surface area contributed by atoms with Crippen LogP contribution in [0.15, 0.2) is 60.3 Å². The summed E-state index contributed by atoms with van der Waals surface area (Å²) in [5.41, 5.74) is 1.55. The average molecular weight is 376 g/mol. The van der Waals surface area contributed by atoms with Crippen molar-refractivity contribution in [2.24, 2.45) is 0 Å². The highest BCUT2D eigenvalue weighted by Gasteiger charge is 2.12. The number of carbonyl (C=O) groups is 2. The summed E-state index contributed by atoms with van der Waals surface area (Å²) in [4.78, 5) is 23.1. The Morgan fingerprint density at radius 1 is 1.00 bits per heavy atom. The zero-order valence-corrected chi connectivity index (χ0v) is 15.1. The second-order valence-electron chi connectivity index (χ2n) is 5.14. The quantitative estimate of drug-likeness (QED) is 0.589. The van der Waals surface area contributed by atoms with Crippen LogP contribution in [-0.2, 0) is 25.7 Å². The van der Waals surface area contributed by atoms with Crippen molar-refractivity contribution in [3.05, 3.63) is 70.9 Å². The van der Waals surface area contributed by atoms with Crippen molar-refractivity contribution in [1.82, 2.24) is 0 Å². The lowest BCUT2D eigenvalue weighted by Crippen LogP contribution is -2.15. The first-order valence-electron chi connectivity index (χ1n) is 7.64. The standard InChI is InChI=1S/C19H18ClNO5/c1-24-18(22)11-17(19(23)25-2)21-15-7-9-16(10-8-15)26-12-13-3-5-14(20)6-4-13/h3-11,21H,12H2,1-2H3/b17-11+. The van der Waals surface area contributed by atoms with Crippen molar-refractivity contribution >= 4 is 29.2 Å². The van der Waals surface area contributed by atoms with Crippen molar-refractivity contribution in [3.63, 3.8) is 0 Å². The van der Waals surface area contributed by atoms with E-state index in [0.29, 0.717) is 23.1 Å². The Labute approximate surface area is 156 Å². The Balaban J connectivity index is 2.01. The summed E-state index contributed by atoms with van der Waals surface area (Å²) in [6.07, 6.45) is 1.02. The van der Waals surface area contributed by atoms with Crippen molar-refractivity contribution in [2.75, 3.05) is 19.5 Å². The fraction of sp³-hybridized carbons (Fsp3) is 0.158. The van der Waals surface area contributed by atoms with Gasteiger partial charge in [0.1, 0.15) is 18.1 Å². The van der Waals surface area contributed by atoms with Crippen molar-refractivity contribution in [2.45, 2.75) is 6.61 Å². The number of nitrogens with one attached hydrogen (secondary N) is 1. The molecule has 2 aromatic rings.